The molecule has 2 rings (SSSR count). The van der Waals surface area contributed by atoms with Crippen LogP contribution in [0, 0.1) is 0 Å². The summed E-state index contributed by atoms with van der Waals surface area (Å²) in [5.41, 5.74) is 1.03. The molecule has 0 radical (unpaired) electrons. The van der Waals surface area contributed by atoms with Crippen molar-refractivity contribution in [1.29, 1.82) is 0 Å². The number of pyridine rings is 1. The Morgan fingerprint density at radius 1 is 1.44 bits per heavy atom. The van der Waals surface area contributed by atoms with Crippen LogP contribution >= 0.6 is 23.3 Å². The third-order valence-corrected chi connectivity index (χ3v) is 3.17. The summed E-state index contributed by atoms with van der Waals surface area (Å²) in [7, 11) is 0. The second kappa shape index (κ2) is 5.81. The van der Waals surface area contributed by atoms with E-state index in [9.17, 15) is 0 Å². The molecular weight excluding hydrogens is 242 g/mol. The Bertz CT molecular complexity index is 433. The second-order valence-corrected chi connectivity index (χ2v) is 4.45. The summed E-state index contributed by atoms with van der Waals surface area (Å²) in [4.78, 5) is 8.40. The fraction of sp³-hybridized carbons (Fsp3) is 0.300. The lowest BCUT2D eigenvalue weighted by Gasteiger charge is -2.00. The molecule has 0 aliphatic rings. The molecule has 0 saturated carbocycles. The van der Waals surface area contributed by atoms with Gasteiger partial charge in [0.2, 0.25) is 5.16 Å². The van der Waals surface area contributed by atoms with E-state index in [1.807, 2.05) is 24.5 Å². The molecule has 16 heavy (non-hydrogen) atoms. The fourth-order valence-corrected chi connectivity index (χ4v) is 2.23. The average molecular weight is 253 g/mol. The quantitative estimate of drug-likeness (QED) is 0.765. The Labute approximate surface area is 102 Å². The molecule has 0 spiro atoms. The third-order valence-electron chi connectivity index (χ3n) is 1.88. The predicted molar refractivity (Wildman–Crippen MR) is 65.1 cm³/mol. The number of aromatic nitrogens is 3. The van der Waals surface area contributed by atoms with Gasteiger partial charge in [0.25, 0.3) is 5.19 Å². The smallest absolute Gasteiger partial charge is 0.293 e. The molecule has 2 heterocycles. The number of hydrogen-bond donors (Lipinski definition) is 0. The Kier molecular flexibility index (Phi) is 4.12. The summed E-state index contributed by atoms with van der Waals surface area (Å²) in [5, 5.41) is 1.39. The van der Waals surface area contributed by atoms with Gasteiger partial charge in [-0.1, -0.05) is 17.8 Å². The van der Waals surface area contributed by atoms with Gasteiger partial charge >= 0.3 is 0 Å². The van der Waals surface area contributed by atoms with Gasteiger partial charge in [0.15, 0.2) is 0 Å². The molecule has 0 bridgehead atoms. The standard InChI is InChI=1S/C10H11N3OS2/c1-15-9-12-10(16-13-9)14-7-5-8-4-2-3-6-11-8/h2-4,6H,5,7H2,1H3. The highest BCUT2D eigenvalue weighted by Gasteiger charge is 2.03. The van der Waals surface area contributed by atoms with Crippen molar-refractivity contribution in [2.24, 2.45) is 0 Å². The molecule has 0 aliphatic heterocycles. The SMILES string of the molecule is CSc1nsc(OCCc2ccccn2)n1. The van der Waals surface area contributed by atoms with Crippen LogP contribution in [0.25, 0.3) is 0 Å². The molecule has 4 nitrogen and oxygen atoms in total. The van der Waals surface area contributed by atoms with E-state index < -0.39 is 0 Å². The zero-order valence-electron chi connectivity index (χ0n) is 8.79. The van der Waals surface area contributed by atoms with Crippen molar-refractivity contribution < 1.29 is 4.74 Å². The first-order valence-corrected chi connectivity index (χ1v) is 6.78. The first kappa shape index (κ1) is 11.3. The molecule has 84 valence electrons. The highest BCUT2D eigenvalue weighted by atomic mass is 32.2. The van der Waals surface area contributed by atoms with E-state index >= 15 is 0 Å². The summed E-state index contributed by atoms with van der Waals surface area (Å²) in [6.07, 6.45) is 4.51. The summed E-state index contributed by atoms with van der Waals surface area (Å²) in [6.45, 7) is 0.583. The van der Waals surface area contributed by atoms with Crippen LogP contribution in [0.15, 0.2) is 29.6 Å². The molecule has 2 aromatic heterocycles. The lowest BCUT2D eigenvalue weighted by atomic mass is 10.3. The molecule has 0 saturated heterocycles. The van der Waals surface area contributed by atoms with E-state index in [-0.39, 0.29) is 0 Å². The molecule has 0 atom stereocenters. The molecule has 0 fully saturated rings. The van der Waals surface area contributed by atoms with Gasteiger partial charge in [0, 0.05) is 29.8 Å². The van der Waals surface area contributed by atoms with Crippen molar-refractivity contribution in [2.45, 2.75) is 11.6 Å². The lowest BCUT2D eigenvalue weighted by molar-refractivity contribution is 0.317. The number of ether oxygens (including phenoxy) is 1. The van der Waals surface area contributed by atoms with Crippen molar-refractivity contribution in [3.8, 4) is 5.19 Å². The van der Waals surface area contributed by atoms with Crippen LogP contribution < -0.4 is 4.74 Å². The molecule has 6 heteroatoms. The first-order chi connectivity index (χ1) is 7.88. The van der Waals surface area contributed by atoms with Crippen molar-refractivity contribution in [1.82, 2.24) is 14.3 Å². The third kappa shape index (κ3) is 3.18. The minimum atomic E-state index is 0.583. The Morgan fingerprint density at radius 3 is 3.06 bits per heavy atom. The van der Waals surface area contributed by atoms with Crippen LogP contribution in [0.1, 0.15) is 5.69 Å². The average Bonchev–Trinajstić information content (AvgIpc) is 2.78. The van der Waals surface area contributed by atoms with Crippen LogP contribution in [0.3, 0.4) is 0 Å². The van der Waals surface area contributed by atoms with E-state index in [0.717, 1.165) is 17.3 Å². The van der Waals surface area contributed by atoms with Crippen molar-refractivity contribution in [3.05, 3.63) is 30.1 Å². The maximum atomic E-state index is 5.48. The number of hydrogen-bond acceptors (Lipinski definition) is 6. The van der Waals surface area contributed by atoms with E-state index in [1.165, 1.54) is 23.3 Å². The van der Waals surface area contributed by atoms with E-state index in [0.29, 0.717) is 11.8 Å². The zero-order valence-corrected chi connectivity index (χ0v) is 10.4. The normalized spacial score (nSPS) is 10.3. The summed E-state index contributed by atoms with van der Waals surface area (Å²) >= 11 is 2.80. The Morgan fingerprint density at radius 2 is 2.38 bits per heavy atom. The summed E-state index contributed by atoms with van der Waals surface area (Å²) < 4.78 is 9.60. The zero-order chi connectivity index (χ0) is 11.2. The molecule has 2 aromatic rings. The van der Waals surface area contributed by atoms with Gasteiger partial charge < -0.3 is 4.74 Å². The van der Waals surface area contributed by atoms with Gasteiger partial charge in [-0.2, -0.15) is 9.36 Å². The minimum absolute atomic E-state index is 0.583. The molecule has 0 unspecified atom stereocenters. The number of nitrogens with zero attached hydrogens (tertiary/aromatic N) is 3. The minimum Gasteiger partial charge on any atom is -0.469 e. The van der Waals surface area contributed by atoms with E-state index in [1.54, 1.807) is 6.20 Å². The van der Waals surface area contributed by atoms with Gasteiger partial charge in [-0.25, -0.2) is 0 Å². The number of thioether (sulfide) groups is 1. The predicted octanol–water partition coefficient (Wildman–Crippen LogP) is 2.28. The summed E-state index contributed by atoms with van der Waals surface area (Å²) in [5.74, 6) is 0. The van der Waals surface area contributed by atoms with Gasteiger partial charge in [0.05, 0.1) is 6.61 Å². The van der Waals surface area contributed by atoms with Crippen molar-refractivity contribution in [2.75, 3.05) is 12.9 Å². The largest absolute Gasteiger partial charge is 0.469 e. The van der Waals surface area contributed by atoms with Gasteiger partial charge in [-0.05, 0) is 18.4 Å². The second-order valence-electron chi connectivity index (χ2n) is 2.97. The molecule has 0 amide bonds. The van der Waals surface area contributed by atoms with Crippen LogP contribution in [-0.4, -0.2) is 27.2 Å². The van der Waals surface area contributed by atoms with Gasteiger partial charge in [0.1, 0.15) is 0 Å². The van der Waals surface area contributed by atoms with Crippen LogP contribution in [-0.2, 0) is 6.42 Å². The lowest BCUT2D eigenvalue weighted by Crippen LogP contribution is -2.02. The van der Waals surface area contributed by atoms with Crippen molar-refractivity contribution >= 4 is 23.3 Å². The van der Waals surface area contributed by atoms with Gasteiger partial charge in [-0.3, -0.25) is 4.98 Å². The Balaban J connectivity index is 1.80. The highest BCUT2D eigenvalue weighted by Crippen LogP contribution is 2.19. The van der Waals surface area contributed by atoms with Gasteiger partial charge in [-0.15, -0.1) is 0 Å². The highest BCUT2D eigenvalue weighted by molar-refractivity contribution is 7.98. The monoisotopic (exact) mass is 253 g/mol. The molecule has 0 aliphatic carbocycles. The topological polar surface area (TPSA) is 47.9 Å². The number of rotatable bonds is 5. The molecule has 0 N–H and O–H groups in total. The van der Waals surface area contributed by atoms with Crippen LogP contribution in [0.2, 0.25) is 0 Å². The van der Waals surface area contributed by atoms with E-state index in [4.69, 9.17) is 4.74 Å². The fourth-order valence-electron chi connectivity index (χ4n) is 1.13. The van der Waals surface area contributed by atoms with Crippen LogP contribution in [0.5, 0.6) is 5.19 Å². The molecular formula is C10H11N3OS2. The van der Waals surface area contributed by atoms with Crippen molar-refractivity contribution in [3.63, 3.8) is 0 Å². The Hall–Kier alpha value is -1.14. The first-order valence-electron chi connectivity index (χ1n) is 4.79. The maximum Gasteiger partial charge on any atom is 0.293 e. The summed E-state index contributed by atoms with van der Waals surface area (Å²) in [6, 6.07) is 5.86. The van der Waals surface area contributed by atoms with Crippen LogP contribution in [0.4, 0.5) is 0 Å². The van der Waals surface area contributed by atoms with E-state index in [2.05, 4.69) is 14.3 Å². The molecule has 0 aromatic carbocycles. The maximum absolute atomic E-state index is 5.48.